The molecule has 1 aliphatic rings. The maximum atomic E-state index is 13.8. The fraction of sp³-hybridized carbons (Fsp3) is 0.370. The van der Waals surface area contributed by atoms with E-state index in [9.17, 15) is 14.3 Å². The van der Waals surface area contributed by atoms with E-state index < -0.39 is 0 Å². The average Bonchev–Trinajstić information content (AvgIpc) is 2.86. The summed E-state index contributed by atoms with van der Waals surface area (Å²) < 4.78 is 20.2. The number of carbonyl (C=O) groups is 1. The molecule has 8 heteroatoms. The summed E-state index contributed by atoms with van der Waals surface area (Å²) >= 11 is 0. The Kier molecular flexibility index (Phi) is 7.73. The molecule has 7 nitrogen and oxygen atoms in total. The van der Waals surface area contributed by atoms with Crippen molar-refractivity contribution in [3.8, 4) is 17.0 Å². The summed E-state index contributed by atoms with van der Waals surface area (Å²) in [5.74, 6) is -0.401. The van der Waals surface area contributed by atoms with Crippen molar-refractivity contribution in [2.45, 2.75) is 32.5 Å². The van der Waals surface area contributed by atoms with Crippen LogP contribution in [0.15, 0.2) is 60.9 Å². The maximum absolute atomic E-state index is 13.8. The Balaban J connectivity index is 1.66. The first-order valence-corrected chi connectivity index (χ1v) is 11.8. The van der Waals surface area contributed by atoms with Crippen molar-refractivity contribution < 1.29 is 19.0 Å². The number of carbonyl (C=O) groups excluding carboxylic acids is 1. The van der Waals surface area contributed by atoms with E-state index in [1.165, 1.54) is 12.1 Å². The van der Waals surface area contributed by atoms with Crippen LogP contribution in [0.1, 0.15) is 29.9 Å². The van der Waals surface area contributed by atoms with Crippen LogP contribution in [0.25, 0.3) is 11.1 Å². The highest BCUT2D eigenvalue weighted by molar-refractivity contribution is 5.98. The van der Waals surface area contributed by atoms with Gasteiger partial charge in [0, 0.05) is 43.5 Å². The molecule has 0 bridgehead atoms. The third-order valence-corrected chi connectivity index (χ3v) is 6.33. The molecule has 184 valence electrons. The van der Waals surface area contributed by atoms with Gasteiger partial charge in [0.15, 0.2) is 0 Å². The first-order chi connectivity index (χ1) is 16.9. The second kappa shape index (κ2) is 10.9. The van der Waals surface area contributed by atoms with Crippen LogP contribution in [-0.2, 0) is 6.54 Å². The summed E-state index contributed by atoms with van der Waals surface area (Å²) in [6.07, 6.45) is 3.12. The molecule has 1 aliphatic heterocycles. The second-order valence-corrected chi connectivity index (χ2v) is 9.23. The number of nitrogens with zero attached hydrogens (tertiary/aromatic N) is 4. The van der Waals surface area contributed by atoms with Crippen molar-refractivity contribution in [1.29, 1.82) is 0 Å². The van der Waals surface area contributed by atoms with Gasteiger partial charge in [-0.2, -0.15) is 0 Å². The molecular weight excluding hydrogens is 447 g/mol. The number of aliphatic hydroxyl groups excluding tert-OH is 1. The summed E-state index contributed by atoms with van der Waals surface area (Å²) in [7, 11) is 2.00. The van der Waals surface area contributed by atoms with E-state index in [1.807, 2.05) is 39.1 Å². The maximum Gasteiger partial charge on any atom is 0.259 e. The third-order valence-electron chi connectivity index (χ3n) is 6.33. The van der Waals surface area contributed by atoms with Crippen LogP contribution in [0.5, 0.6) is 5.88 Å². The number of ether oxygens (including phenoxy) is 1. The zero-order valence-electron chi connectivity index (χ0n) is 20.3. The first-order valence-electron chi connectivity index (χ1n) is 11.8. The normalized spacial score (nSPS) is 19.0. The van der Waals surface area contributed by atoms with Gasteiger partial charge in [0.25, 0.3) is 5.91 Å². The van der Waals surface area contributed by atoms with Crippen molar-refractivity contribution in [2.24, 2.45) is 5.92 Å². The number of amides is 1. The van der Waals surface area contributed by atoms with Gasteiger partial charge in [0.05, 0.1) is 18.3 Å². The van der Waals surface area contributed by atoms with E-state index in [0.29, 0.717) is 36.3 Å². The molecule has 0 spiro atoms. The number of hydrogen-bond donors (Lipinski definition) is 1. The van der Waals surface area contributed by atoms with Gasteiger partial charge >= 0.3 is 0 Å². The number of aliphatic hydroxyl groups is 1. The van der Waals surface area contributed by atoms with Gasteiger partial charge in [-0.15, -0.1) is 0 Å². The van der Waals surface area contributed by atoms with E-state index >= 15 is 0 Å². The van der Waals surface area contributed by atoms with Crippen molar-refractivity contribution >= 4 is 5.91 Å². The Labute approximate surface area is 205 Å². The highest BCUT2D eigenvalue weighted by atomic mass is 19.1. The Morgan fingerprint density at radius 3 is 2.74 bits per heavy atom. The number of aromatic nitrogens is 2. The van der Waals surface area contributed by atoms with Gasteiger partial charge in [-0.05, 0) is 49.9 Å². The average molecular weight is 479 g/mol. The molecule has 0 aliphatic carbocycles. The van der Waals surface area contributed by atoms with Gasteiger partial charge in [0.1, 0.15) is 17.5 Å². The summed E-state index contributed by atoms with van der Waals surface area (Å²) in [6.45, 7) is 5.37. The first kappa shape index (κ1) is 24.8. The van der Waals surface area contributed by atoms with Crippen LogP contribution in [0, 0.1) is 11.7 Å². The highest BCUT2D eigenvalue weighted by Crippen LogP contribution is 2.30. The summed E-state index contributed by atoms with van der Waals surface area (Å²) in [4.78, 5) is 26.3. The smallest absolute Gasteiger partial charge is 0.259 e. The minimum atomic E-state index is -0.374. The lowest BCUT2D eigenvalue weighted by molar-refractivity contribution is 0.0324. The van der Waals surface area contributed by atoms with Crippen molar-refractivity contribution in [3.63, 3.8) is 0 Å². The second-order valence-electron chi connectivity index (χ2n) is 9.23. The molecule has 0 unspecified atom stereocenters. The SMILES string of the molecule is C[C@@H]1CN([C@H](C)CO)C(=O)c2cc(-c3cccc(F)c3)cnc2O[C@H]1CN(C)Cc1ccccn1. The zero-order valence-corrected chi connectivity index (χ0v) is 20.3. The number of fused-ring (bicyclic) bond motifs is 1. The van der Waals surface area contributed by atoms with E-state index in [0.717, 1.165) is 5.69 Å². The minimum Gasteiger partial charge on any atom is -0.472 e. The Bertz CT molecular complexity index is 1160. The number of hydrogen-bond acceptors (Lipinski definition) is 6. The molecule has 1 amide bonds. The molecule has 1 aromatic carbocycles. The Morgan fingerprint density at radius 1 is 1.20 bits per heavy atom. The molecule has 3 heterocycles. The van der Waals surface area contributed by atoms with Crippen LogP contribution in [-0.4, -0.2) is 69.7 Å². The number of halogens is 1. The highest BCUT2D eigenvalue weighted by Gasteiger charge is 2.34. The van der Waals surface area contributed by atoms with Crippen LogP contribution < -0.4 is 4.74 Å². The minimum absolute atomic E-state index is 0.0167. The van der Waals surface area contributed by atoms with Gasteiger partial charge < -0.3 is 14.7 Å². The molecule has 0 fully saturated rings. The van der Waals surface area contributed by atoms with E-state index in [4.69, 9.17) is 4.74 Å². The molecule has 2 aromatic heterocycles. The molecule has 1 N–H and O–H groups in total. The van der Waals surface area contributed by atoms with E-state index in [2.05, 4.69) is 14.9 Å². The standard InChI is InChI=1S/C27H31FN4O3/c1-18-14-32(19(2)17-33)27(34)24-12-21(20-7-6-8-22(28)11-20)13-30-26(24)35-25(18)16-31(3)15-23-9-4-5-10-29-23/h4-13,18-19,25,33H,14-17H2,1-3H3/t18-,19-,25+/m1/s1. The summed E-state index contributed by atoms with van der Waals surface area (Å²) in [5.41, 5.74) is 2.50. The lowest BCUT2D eigenvalue weighted by Crippen LogP contribution is -2.49. The lowest BCUT2D eigenvalue weighted by Gasteiger charge is -2.37. The van der Waals surface area contributed by atoms with Crippen molar-refractivity contribution in [1.82, 2.24) is 19.8 Å². The van der Waals surface area contributed by atoms with Gasteiger partial charge in [-0.1, -0.05) is 25.1 Å². The topological polar surface area (TPSA) is 78.8 Å². The molecule has 35 heavy (non-hydrogen) atoms. The molecule has 0 saturated carbocycles. The fourth-order valence-electron chi connectivity index (χ4n) is 4.29. The van der Waals surface area contributed by atoms with Crippen LogP contribution in [0.2, 0.25) is 0 Å². The van der Waals surface area contributed by atoms with E-state index in [1.54, 1.807) is 35.5 Å². The largest absolute Gasteiger partial charge is 0.472 e. The predicted octanol–water partition coefficient (Wildman–Crippen LogP) is 3.63. The summed E-state index contributed by atoms with van der Waals surface area (Å²) in [6, 6.07) is 13.3. The van der Waals surface area contributed by atoms with Gasteiger partial charge in [0.2, 0.25) is 5.88 Å². The van der Waals surface area contributed by atoms with Crippen LogP contribution in [0.4, 0.5) is 4.39 Å². The monoisotopic (exact) mass is 478 g/mol. The number of pyridine rings is 2. The molecule has 4 rings (SSSR count). The van der Waals surface area contributed by atoms with Crippen molar-refractivity contribution in [2.75, 3.05) is 26.7 Å². The Hall–Kier alpha value is -3.36. The van der Waals surface area contributed by atoms with Crippen LogP contribution >= 0.6 is 0 Å². The fourth-order valence-corrected chi connectivity index (χ4v) is 4.29. The number of likely N-dealkylation sites (N-methyl/N-ethyl adjacent to an activating group) is 1. The number of rotatable bonds is 7. The van der Waals surface area contributed by atoms with Crippen LogP contribution in [0.3, 0.4) is 0 Å². The summed E-state index contributed by atoms with van der Waals surface area (Å²) in [5, 5.41) is 9.84. The third kappa shape index (κ3) is 5.83. The molecule has 3 atom stereocenters. The van der Waals surface area contributed by atoms with Gasteiger partial charge in [-0.3, -0.25) is 14.7 Å². The predicted molar refractivity (Wildman–Crippen MR) is 131 cm³/mol. The Morgan fingerprint density at radius 2 is 2.03 bits per heavy atom. The molecule has 3 aromatic rings. The molecule has 0 saturated heterocycles. The zero-order chi connectivity index (χ0) is 24.9. The van der Waals surface area contributed by atoms with Gasteiger partial charge in [-0.25, -0.2) is 9.37 Å². The van der Waals surface area contributed by atoms with Crippen molar-refractivity contribution in [3.05, 3.63) is 78.0 Å². The molecule has 0 radical (unpaired) electrons. The van der Waals surface area contributed by atoms with E-state index in [-0.39, 0.29) is 42.3 Å². The molecular formula is C27H31FN4O3. The number of benzene rings is 1. The quantitative estimate of drug-likeness (QED) is 0.559. The lowest BCUT2D eigenvalue weighted by atomic mass is 9.99.